The molecular formula is C11H8F2O2. The predicted octanol–water partition coefficient (Wildman–Crippen LogP) is 3.17. The molecule has 0 bridgehead atoms. The van der Waals surface area contributed by atoms with Crippen LogP contribution < -0.4 is 4.74 Å². The maximum absolute atomic E-state index is 12.1. The minimum absolute atomic E-state index is 0.0804. The van der Waals surface area contributed by atoms with E-state index in [9.17, 15) is 8.78 Å². The first-order valence-electron chi connectivity index (χ1n) is 4.29. The van der Waals surface area contributed by atoms with Gasteiger partial charge in [-0.25, -0.2) is 0 Å². The molecule has 78 valence electrons. The summed E-state index contributed by atoms with van der Waals surface area (Å²) in [5.74, 6) is 0.835. The zero-order valence-electron chi connectivity index (χ0n) is 7.74. The monoisotopic (exact) mass is 210 g/mol. The summed E-state index contributed by atoms with van der Waals surface area (Å²) in [5.41, 5.74) is 0.505. The Morgan fingerprint density at radius 2 is 2.00 bits per heavy atom. The van der Waals surface area contributed by atoms with Crippen LogP contribution in [-0.2, 0) is 4.74 Å². The van der Waals surface area contributed by atoms with Crippen LogP contribution >= 0.6 is 0 Å². The van der Waals surface area contributed by atoms with Crippen LogP contribution in [0.15, 0.2) is 42.7 Å². The maximum atomic E-state index is 12.1. The molecule has 0 spiro atoms. The lowest BCUT2D eigenvalue weighted by molar-refractivity contribution is -0.0715. The second-order valence-electron chi connectivity index (χ2n) is 2.95. The summed E-state index contributed by atoms with van der Waals surface area (Å²) >= 11 is 0. The molecule has 0 saturated heterocycles. The van der Waals surface area contributed by atoms with Crippen molar-refractivity contribution >= 4 is 5.76 Å². The molecule has 0 aliphatic carbocycles. The first kappa shape index (κ1) is 9.71. The van der Waals surface area contributed by atoms with Crippen molar-refractivity contribution in [2.75, 3.05) is 0 Å². The number of halogens is 2. The van der Waals surface area contributed by atoms with Gasteiger partial charge in [-0.15, -0.1) is 0 Å². The van der Waals surface area contributed by atoms with Gasteiger partial charge in [-0.2, -0.15) is 8.78 Å². The van der Waals surface area contributed by atoms with Gasteiger partial charge in [-0.1, -0.05) is 18.7 Å². The number of benzene rings is 1. The molecule has 1 aromatic rings. The van der Waals surface area contributed by atoms with E-state index in [0.717, 1.165) is 0 Å². The Hall–Kier alpha value is -1.84. The second-order valence-corrected chi connectivity index (χ2v) is 2.95. The number of rotatable bonds is 2. The highest BCUT2D eigenvalue weighted by Gasteiger charge is 2.19. The average molecular weight is 210 g/mol. The van der Waals surface area contributed by atoms with Crippen LogP contribution in [0.3, 0.4) is 0 Å². The Kier molecular flexibility index (Phi) is 2.41. The summed E-state index contributed by atoms with van der Waals surface area (Å²) in [6, 6.07) is 6.79. The molecule has 0 aromatic heterocycles. The quantitative estimate of drug-likeness (QED) is 0.746. The molecule has 0 amide bonds. The van der Waals surface area contributed by atoms with Crippen molar-refractivity contribution in [3.8, 4) is 5.75 Å². The minimum Gasteiger partial charge on any atom is -0.457 e. The van der Waals surface area contributed by atoms with E-state index < -0.39 is 6.61 Å². The smallest absolute Gasteiger partial charge is 0.387 e. The summed E-state index contributed by atoms with van der Waals surface area (Å²) < 4.78 is 33.8. The predicted molar refractivity (Wildman–Crippen MR) is 51.3 cm³/mol. The number of allylic oxidation sites excluding steroid dienone is 1. The van der Waals surface area contributed by atoms with Crippen LogP contribution in [0.5, 0.6) is 5.75 Å². The van der Waals surface area contributed by atoms with Crippen LogP contribution in [0.1, 0.15) is 5.56 Å². The highest BCUT2D eigenvalue weighted by Crippen LogP contribution is 2.33. The van der Waals surface area contributed by atoms with E-state index >= 15 is 0 Å². The fourth-order valence-corrected chi connectivity index (χ4v) is 1.35. The molecule has 0 saturated carbocycles. The van der Waals surface area contributed by atoms with E-state index in [1.54, 1.807) is 24.3 Å². The highest BCUT2D eigenvalue weighted by molar-refractivity contribution is 5.70. The third-order valence-corrected chi connectivity index (χ3v) is 1.90. The van der Waals surface area contributed by atoms with Gasteiger partial charge < -0.3 is 9.47 Å². The SMILES string of the molecule is C=C1C=C(OC(F)F)c2ccccc2O1. The van der Waals surface area contributed by atoms with Crippen LogP contribution in [0.4, 0.5) is 8.78 Å². The molecule has 2 rings (SSSR count). The van der Waals surface area contributed by atoms with Crippen molar-refractivity contribution in [2.24, 2.45) is 0 Å². The van der Waals surface area contributed by atoms with E-state index in [0.29, 0.717) is 11.3 Å². The molecule has 1 aliphatic heterocycles. The number of para-hydroxylation sites is 1. The minimum atomic E-state index is -2.85. The van der Waals surface area contributed by atoms with Gasteiger partial charge in [0, 0.05) is 6.08 Å². The zero-order valence-corrected chi connectivity index (χ0v) is 7.74. The van der Waals surface area contributed by atoms with Gasteiger partial charge in [0.05, 0.1) is 5.56 Å². The Balaban J connectivity index is 2.40. The maximum Gasteiger partial charge on any atom is 0.387 e. The third kappa shape index (κ3) is 1.98. The van der Waals surface area contributed by atoms with Crippen molar-refractivity contribution in [1.82, 2.24) is 0 Å². The number of fused-ring (bicyclic) bond motifs is 1. The molecular weight excluding hydrogens is 202 g/mol. The number of alkyl halides is 2. The van der Waals surface area contributed by atoms with E-state index in [-0.39, 0.29) is 11.5 Å². The summed E-state index contributed by atoms with van der Waals surface area (Å²) in [6.45, 7) is 0.695. The molecule has 1 aliphatic rings. The Bertz CT molecular complexity index is 424. The Morgan fingerprint density at radius 3 is 2.73 bits per heavy atom. The van der Waals surface area contributed by atoms with Crippen LogP contribution in [0.25, 0.3) is 5.76 Å². The first-order valence-corrected chi connectivity index (χ1v) is 4.29. The molecule has 0 atom stereocenters. The summed E-state index contributed by atoms with van der Waals surface area (Å²) in [7, 11) is 0. The highest BCUT2D eigenvalue weighted by atomic mass is 19.3. The van der Waals surface area contributed by atoms with E-state index in [4.69, 9.17) is 4.74 Å². The summed E-state index contributed by atoms with van der Waals surface area (Å²) in [4.78, 5) is 0. The largest absolute Gasteiger partial charge is 0.457 e. The van der Waals surface area contributed by atoms with Crippen molar-refractivity contribution < 1.29 is 18.3 Å². The second kappa shape index (κ2) is 3.73. The lowest BCUT2D eigenvalue weighted by Crippen LogP contribution is -2.06. The Labute approximate surface area is 85.4 Å². The zero-order chi connectivity index (χ0) is 10.8. The molecule has 0 N–H and O–H groups in total. The van der Waals surface area contributed by atoms with Crippen molar-refractivity contribution in [3.05, 3.63) is 48.2 Å². The Morgan fingerprint density at radius 1 is 1.27 bits per heavy atom. The van der Waals surface area contributed by atoms with Crippen LogP contribution in [0.2, 0.25) is 0 Å². The fraction of sp³-hybridized carbons (Fsp3) is 0.0909. The molecule has 1 heterocycles. The molecule has 0 radical (unpaired) electrons. The van der Waals surface area contributed by atoms with E-state index in [1.807, 2.05) is 0 Å². The van der Waals surface area contributed by atoms with Crippen LogP contribution in [0, 0.1) is 0 Å². The molecule has 1 aromatic carbocycles. The molecule has 0 fully saturated rings. The van der Waals surface area contributed by atoms with Crippen molar-refractivity contribution in [3.63, 3.8) is 0 Å². The van der Waals surface area contributed by atoms with Gasteiger partial charge >= 0.3 is 6.61 Å². The first-order chi connectivity index (χ1) is 7.16. The summed E-state index contributed by atoms with van der Waals surface area (Å²) in [6.07, 6.45) is 1.34. The van der Waals surface area contributed by atoms with Gasteiger partial charge in [0.1, 0.15) is 17.3 Å². The molecule has 4 heteroatoms. The van der Waals surface area contributed by atoms with Crippen molar-refractivity contribution in [2.45, 2.75) is 6.61 Å². The van der Waals surface area contributed by atoms with Gasteiger partial charge in [0.15, 0.2) is 0 Å². The number of hydrogen-bond acceptors (Lipinski definition) is 2. The lowest BCUT2D eigenvalue weighted by atomic mass is 10.1. The topological polar surface area (TPSA) is 18.5 Å². The van der Waals surface area contributed by atoms with Gasteiger partial charge in [0.25, 0.3) is 0 Å². The fourth-order valence-electron chi connectivity index (χ4n) is 1.35. The molecule has 15 heavy (non-hydrogen) atoms. The van der Waals surface area contributed by atoms with Gasteiger partial charge in [-0.3, -0.25) is 0 Å². The summed E-state index contributed by atoms with van der Waals surface area (Å²) in [5, 5.41) is 0. The lowest BCUT2D eigenvalue weighted by Gasteiger charge is -2.19. The van der Waals surface area contributed by atoms with Crippen LogP contribution in [-0.4, -0.2) is 6.61 Å². The normalized spacial score (nSPS) is 14.3. The van der Waals surface area contributed by atoms with Crippen molar-refractivity contribution in [1.29, 1.82) is 0 Å². The third-order valence-electron chi connectivity index (χ3n) is 1.90. The average Bonchev–Trinajstić information content (AvgIpc) is 2.16. The van der Waals surface area contributed by atoms with Gasteiger partial charge in [-0.05, 0) is 12.1 Å². The number of ether oxygens (including phenoxy) is 2. The molecule has 0 unspecified atom stereocenters. The standard InChI is InChI=1S/C11H8F2O2/c1-7-6-10(15-11(12)13)8-4-2-3-5-9(8)14-7/h2-6,11H,1H2. The van der Waals surface area contributed by atoms with E-state index in [2.05, 4.69) is 11.3 Å². The number of hydrogen-bond donors (Lipinski definition) is 0. The van der Waals surface area contributed by atoms with E-state index in [1.165, 1.54) is 6.08 Å². The van der Waals surface area contributed by atoms with Gasteiger partial charge in [0.2, 0.25) is 0 Å². The molecule has 2 nitrogen and oxygen atoms in total.